The molecule has 1 atom stereocenters. The molecule has 1 saturated heterocycles. The van der Waals surface area contributed by atoms with Gasteiger partial charge in [0.15, 0.2) is 0 Å². The second-order valence-electron chi connectivity index (χ2n) is 4.02. The van der Waals surface area contributed by atoms with E-state index in [0.717, 1.165) is 24.4 Å². The lowest BCUT2D eigenvalue weighted by Crippen LogP contribution is -2.15. The molecule has 2 heterocycles. The van der Waals surface area contributed by atoms with E-state index in [1.165, 1.54) is 11.3 Å². The molecule has 0 spiro atoms. The van der Waals surface area contributed by atoms with Crippen LogP contribution in [0.4, 0.5) is 5.13 Å². The molecule has 8 heteroatoms. The van der Waals surface area contributed by atoms with Gasteiger partial charge in [-0.05, 0) is 25.8 Å². The van der Waals surface area contributed by atoms with Gasteiger partial charge in [0, 0.05) is 0 Å². The molecular weight excluding hydrogens is 260 g/mol. The largest absolute Gasteiger partial charge is 0.308 e. The molecule has 0 aromatic carbocycles. The third-order valence-electron chi connectivity index (χ3n) is 2.51. The number of nitrogens with one attached hydrogen (secondary N) is 2. The summed E-state index contributed by atoms with van der Waals surface area (Å²) in [4.78, 5) is 0. The number of nitrogens with zero attached hydrogens (tertiary/aromatic N) is 2. The average Bonchev–Trinajstić information content (AvgIpc) is 2.85. The minimum absolute atomic E-state index is 0.115. The molecule has 96 valence electrons. The summed E-state index contributed by atoms with van der Waals surface area (Å²) in [5, 5.41) is 12.4. The van der Waals surface area contributed by atoms with Crippen LogP contribution in [-0.2, 0) is 10.0 Å². The minimum Gasteiger partial charge on any atom is -0.308 e. The molecule has 0 aliphatic carbocycles. The maximum absolute atomic E-state index is 11.5. The lowest BCUT2D eigenvalue weighted by atomic mass is 10.2. The molecule has 1 aliphatic heterocycles. The third kappa shape index (κ3) is 3.36. The highest BCUT2D eigenvalue weighted by atomic mass is 32.2. The highest BCUT2D eigenvalue weighted by Gasteiger charge is 2.21. The summed E-state index contributed by atoms with van der Waals surface area (Å²) < 4.78 is 25.5. The van der Waals surface area contributed by atoms with Crippen LogP contribution >= 0.6 is 11.3 Å². The molecule has 17 heavy (non-hydrogen) atoms. The number of hydrogen-bond acceptors (Lipinski definition) is 6. The van der Waals surface area contributed by atoms with E-state index < -0.39 is 10.0 Å². The second kappa shape index (κ2) is 5.28. The zero-order valence-corrected chi connectivity index (χ0v) is 11.3. The average molecular weight is 276 g/mol. The van der Waals surface area contributed by atoms with Crippen LogP contribution in [0.1, 0.15) is 37.2 Å². The lowest BCUT2D eigenvalue weighted by Gasteiger charge is -2.03. The quantitative estimate of drug-likeness (QED) is 0.841. The fourth-order valence-electron chi connectivity index (χ4n) is 1.76. The maximum Gasteiger partial charge on any atom is 0.234 e. The van der Waals surface area contributed by atoms with Crippen molar-refractivity contribution in [1.82, 2.24) is 15.5 Å². The Kier molecular flexibility index (Phi) is 3.95. The van der Waals surface area contributed by atoms with Crippen LogP contribution in [-0.4, -0.2) is 30.9 Å². The van der Waals surface area contributed by atoms with Gasteiger partial charge >= 0.3 is 0 Å². The number of rotatable bonds is 5. The Balaban J connectivity index is 2.03. The van der Waals surface area contributed by atoms with Crippen molar-refractivity contribution < 1.29 is 8.42 Å². The molecule has 1 aromatic heterocycles. The van der Waals surface area contributed by atoms with E-state index >= 15 is 0 Å². The standard InChI is InChI=1S/C9H16N4O2S2/c1-2-6-17(14,15)13-9-12-11-8(16-9)7-4-3-5-10-7/h7,10H,2-6H2,1H3,(H,12,13). The molecule has 1 aliphatic rings. The summed E-state index contributed by atoms with van der Waals surface area (Å²) in [6.07, 6.45) is 2.75. The molecule has 2 N–H and O–H groups in total. The van der Waals surface area contributed by atoms with Crippen LogP contribution < -0.4 is 10.0 Å². The molecule has 0 bridgehead atoms. The van der Waals surface area contributed by atoms with Crippen molar-refractivity contribution in [3.63, 3.8) is 0 Å². The van der Waals surface area contributed by atoms with Gasteiger partial charge in [0.25, 0.3) is 0 Å². The van der Waals surface area contributed by atoms with E-state index in [1.807, 2.05) is 6.92 Å². The van der Waals surface area contributed by atoms with Crippen molar-refractivity contribution in [2.75, 3.05) is 17.0 Å². The van der Waals surface area contributed by atoms with Crippen molar-refractivity contribution in [2.24, 2.45) is 0 Å². The Morgan fingerprint density at radius 1 is 1.53 bits per heavy atom. The molecule has 1 fully saturated rings. The summed E-state index contributed by atoms with van der Waals surface area (Å²) in [6.45, 7) is 2.81. The van der Waals surface area contributed by atoms with Crippen LogP contribution in [0.15, 0.2) is 0 Å². The predicted molar refractivity (Wildman–Crippen MR) is 67.6 cm³/mol. The summed E-state index contributed by atoms with van der Waals surface area (Å²) in [5.74, 6) is 0.115. The van der Waals surface area contributed by atoms with E-state index in [1.54, 1.807) is 0 Å². The van der Waals surface area contributed by atoms with Gasteiger partial charge in [0.05, 0.1) is 11.8 Å². The van der Waals surface area contributed by atoms with E-state index in [2.05, 4.69) is 20.2 Å². The van der Waals surface area contributed by atoms with E-state index in [9.17, 15) is 8.42 Å². The van der Waals surface area contributed by atoms with E-state index in [4.69, 9.17) is 0 Å². The lowest BCUT2D eigenvalue weighted by molar-refractivity contribution is 0.599. The van der Waals surface area contributed by atoms with Crippen molar-refractivity contribution in [2.45, 2.75) is 32.2 Å². The molecular formula is C9H16N4O2S2. The summed E-state index contributed by atoms with van der Waals surface area (Å²) in [5.41, 5.74) is 0. The Morgan fingerprint density at radius 2 is 2.35 bits per heavy atom. The number of anilines is 1. The van der Waals surface area contributed by atoms with Gasteiger partial charge < -0.3 is 5.32 Å². The Labute approximate surface area is 105 Å². The van der Waals surface area contributed by atoms with Gasteiger partial charge in [-0.3, -0.25) is 4.72 Å². The van der Waals surface area contributed by atoms with Crippen molar-refractivity contribution in [3.05, 3.63) is 5.01 Å². The third-order valence-corrected chi connectivity index (χ3v) is 5.05. The van der Waals surface area contributed by atoms with Gasteiger partial charge in [-0.15, -0.1) is 10.2 Å². The van der Waals surface area contributed by atoms with E-state index in [0.29, 0.717) is 11.6 Å². The van der Waals surface area contributed by atoms with Crippen LogP contribution in [0.25, 0.3) is 0 Å². The monoisotopic (exact) mass is 276 g/mol. The first-order valence-electron chi connectivity index (χ1n) is 5.68. The van der Waals surface area contributed by atoms with Crippen LogP contribution in [0, 0.1) is 0 Å². The first kappa shape index (κ1) is 12.7. The van der Waals surface area contributed by atoms with E-state index in [-0.39, 0.29) is 11.8 Å². The smallest absolute Gasteiger partial charge is 0.234 e. The molecule has 0 saturated carbocycles. The highest BCUT2D eigenvalue weighted by molar-refractivity contribution is 7.92. The predicted octanol–water partition coefficient (Wildman–Crippen LogP) is 1.11. The normalized spacial score (nSPS) is 20.6. The SMILES string of the molecule is CCCS(=O)(=O)Nc1nnc(C2CCCN2)s1. The number of aromatic nitrogens is 2. The van der Waals surface area contributed by atoms with Gasteiger partial charge in [-0.1, -0.05) is 18.3 Å². The van der Waals surface area contributed by atoms with Crippen molar-refractivity contribution in [3.8, 4) is 0 Å². The van der Waals surface area contributed by atoms with Gasteiger partial charge in [-0.25, -0.2) is 8.42 Å². The molecule has 6 nitrogen and oxygen atoms in total. The topological polar surface area (TPSA) is 84.0 Å². The fourth-order valence-corrected chi connectivity index (χ4v) is 3.96. The van der Waals surface area contributed by atoms with Gasteiger partial charge in [0.1, 0.15) is 5.01 Å². The first-order valence-corrected chi connectivity index (χ1v) is 8.15. The zero-order chi connectivity index (χ0) is 12.3. The Bertz CT molecular complexity index is 465. The number of hydrogen-bond donors (Lipinski definition) is 2. The second-order valence-corrected chi connectivity index (χ2v) is 6.87. The van der Waals surface area contributed by atoms with Crippen LogP contribution in [0.2, 0.25) is 0 Å². The molecule has 2 rings (SSSR count). The fraction of sp³-hybridized carbons (Fsp3) is 0.778. The number of sulfonamides is 1. The Hall–Kier alpha value is -0.730. The zero-order valence-electron chi connectivity index (χ0n) is 9.64. The summed E-state index contributed by atoms with van der Waals surface area (Å²) >= 11 is 1.31. The molecule has 0 amide bonds. The minimum atomic E-state index is -3.26. The molecule has 0 radical (unpaired) electrons. The summed E-state index contributed by atoms with van der Waals surface area (Å²) in [6, 6.07) is 0.233. The van der Waals surface area contributed by atoms with Crippen molar-refractivity contribution >= 4 is 26.5 Å². The van der Waals surface area contributed by atoms with Crippen molar-refractivity contribution in [1.29, 1.82) is 0 Å². The van der Waals surface area contributed by atoms with Crippen LogP contribution in [0.5, 0.6) is 0 Å². The summed E-state index contributed by atoms with van der Waals surface area (Å²) in [7, 11) is -3.26. The first-order chi connectivity index (χ1) is 8.11. The van der Waals surface area contributed by atoms with Gasteiger partial charge in [0.2, 0.25) is 15.2 Å². The Morgan fingerprint density at radius 3 is 3.00 bits per heavy atom. The maximum atomic E-state index is 11.5. The van der Waals surface area contributed by atoms with Gasteiger partial charge in [-0.2, -0.15) is 0 Å². The highest BCUT2D eigenvalue weighted by Crippen LogP contribution is 2.28. The molecule has 1 aromatic rings. The molecule has 1 unspecified atom stereocenters. The van der Waals surface area contributed by atoms with Crippen LogP contribution in [0.3, 0.4) is 0 Å².